The lowest BCUT2D eigenvalue weighted by Crippen LogP contribution is -2.37. The highest BCUT2D eigenvalue weighted by molar-refractivity contribution is 5.42. The highest BCUT2D eigenvalue weighted by atomic mass is 16.5. The molecule has 1 aromatic heterocycles. The Balaban J connectivity index is 1.68. The fourth-order valence-electron chi connectivity index (χ4n) is 2.88. The van der Waals surface area contributed by atoms with Gasteiger partial charge < -0.3 is 18.6 Å². The Bertz CT molecular complexity index is 652. The van der Waals surface area contributed by atoms with Crippen LogP contribution < -0.4 is 9.47 Å². The Labute approximate surface area is 136 Å². The molecule has 1 aromatic carbocycles. The molecule has 5 heteroatoms. The summed E-state index contributed by atoms with van der Waals surface area (Å²) in [5.74, 6) is 3.33. The van der Waals surface area contributed by atoms with Gasteiger partial charge in [0.2, 0.25) is 0 Å². The Morgan fingerprint density at radius 1 is 1.13 bits per heavy atom. The van der Waals surface area contributed by atoms with Gasteiger partial charge in [0.1, 0.15) is 17.6 Å². The summed E-state index contributed by atoms with van der Waals surface area (Å²) in [5, 5.41) is 0. The highest BCUT2D eigenvalue weighted by Gasteiger charge is 2.24. The van der Waals surface area contributed by atoms with Gasteiger partial charge in [-0.2, -0.15) is 0 Å². The largest absolute Gasteiger partial charge is 0.493 e. The Morgan fingerprint density at radius 3 is 2.65 bits per heavy atom. The van der Waals surface area contributed by atoms with Crippen LogP contribution in [0.2, 0.25) is 0 Å². The Hall–Kier alpha value is -1.98. The smallest absolute Gasteiger partial charge is 0.161 e. The molecule has 0 spiro atoms. The van der Waals surface area contributed by atoms with Crippen LogP contribution in [-0.4, -0.2) is 38.8 Å². The van der Waals surface area contributed by atoms with Crippen LogP contribution in [-0.2, 0) is 11.3 Å². The number of aryl methyl sites for hydroxylation is 1. The van der Waals surface area contributed by atoms with E-state index in [0.717, 1.165) is 42.7 Å². The van der Waals surface area contributed by atoms with E-state index in [9.17, 15) is 0 Å². The zero-order chi connectivity index (χ0) is 16.2. The van der Waals surface area contributed by atoms with Gasteiger partial charge in [0, 0.05) is 19.6 Å². The van der Waals surface area contributed by atoms with Crippen LogP contribution in [0.25, 0.3) is 0 Å². The lowest BCUT2D eigenvalue weighted by atomic mass is 10.1. The average molecular weight is 317 g/mol. The molecule has 0 bridgehead atoms. The molecule has 2 heterocycles. The fraction of sp³-hybridized carbons (Fsp3) is 0.444. The zero-order valence-electron chi connectivity index (χ0n) is 13.9. The van der Waals surface area contributed by atoms with Gasteiger partial charge in [-0.25, -0.2) is 0 Å². The average Bonchev–Trinajstić information content (AvgIpc) is 3.01. The van der Waals surface area contributed by atoms with E-state index in [-0.39, 0.29) is 6.10 Å². The molecule has 1 atom stereocenters. The van der Waals surface area contributed by atoms with Gasteiger partial charge in [-0.3, -0.25) is 4.90 Å². The molecule has 124 valence electrons. The summed E-state index contributed by atoms with van der Waals surface area (Å²) in [5.41, 5.74) is 1.19. The van der Waals surface area contributed by atoms with Crippen LogP contribution in [0, 0.1) is 6.92 Å². The molecule has 2 aromatic rings. The molecule has 0 amide bonds. The van der Waals surface area contributed by atoms with Gasteiger partial charge in [0.25, 0.3) is 0 Å². The number of nitrogens with zero attached hydrogens (tertiary/aromatic N) is 1. The normalized spacial score (nSPS) is 18.8. The van der Waals surface area contributed by atoms with Crippen molar-refractivity contribution in [3.63, 3.8) is 0 Å². The zero-order valence-corrected chi connectivity index (χ0v) is 13.9. The molecule has 1 saturated heterocycles. The van der Waals surface area contributed by atoms with Crippen LogP contribution in [0.15, 0.2) is 34.7 Å². The van der Waals surface area contributed by atoms with Crippen molar-refractivity contribution in [2.45, 2.75) is 19.6 Å². The van der Waals surface area contributed by atoms with Gasteiger partial charge >= 0.3 is 0 Å². The van der Waals surface area contributed by atoms with Crippen molar-refractivity contribution in [1.82, 2.24) is 4.90 Å². The minimum absolute atomic E-state index is 0.00223. The Morgan fingerprint density at radius 2 is 1.96 bits per heavy atom. The topological polar surface area (TPSA) is 44.1 Å². The van der Waals surface area contributed by atoms with E-state index in [4.69, 9.17) is 18.6 Å². The molecule has 1 aliphatic heterocycles. The lowest BCUT2D eigenvalue weighted by molar-refractivity contribution is -0.0430. The predicted molar refractivity (Wildman–Crippen MR) is 87.0 cm³/mol. The van der Waals surface area contributed by atoms with Crippen molar-refractivity contribution in [2.75, 3.05) is 33.9 Å². The number of methoxy groups -OCH3 is 2. The number of furan rings is 1. The molecule has 0 N–H and O–H groups in total. The van der Waals surface area contributed by atoms with E-state index in [1.54, 1.807) is 14.2 Å². The first-order chi connectivity index (χ1) is 11.2. The number of rotatable bonds is 5. The molecule has 5 nitrogen and oxygen atoms in total. The van der Waals surface area contributed by atoms with Gasteiger partial charge in [-0.05, 0) is 36.8 Å². The van der Waals surface area contributed by atoms with Crippen molar-refractivity contribution in [3.8, 4) is 11.5 Å². The Kier molecular flexibility index (Phi) is 4.88. The van der Waals surface area contributed by atoms with Crippen LogP contribution in [0.3, 0.4) is 0 Å². The molecule has 0 aliphatic carbocycles. The summed E-state index contributed by atoms with van der Waals surface area (Å²) < 4.78 is 22.2. The maximum atomic E-state index is 5.85. The number of morpholine rings is 1. The second kappa shape index (κ2) is 7.06. The number of ether oxygens (including phenoxy) is 3. The summed E-state index contributed by atoms with van der Waals surface area (Å²) in [6.45, 7) is 5.23. The summed E-state index contributed by atoms with van der Waals surface area (Å²) in [7, 11) is 3.31. The van der Waals surface area contributed by atoms with Gasteiger partial charge in [-0.1, -0.05) is 6.07 Å². The van der Waals surface area contributed by atoms with E-state index in [1.165, 1.54) is 5.56 Å². The third-order valence-electron chi connectivity index (χ3n) is 4.08. The monoisotopic (exact) mass is 317 g/mol. The predicted octanol–water partition coefficient (Wildman–Crippen LogP) is 3.18. The number of hydrogen-bond donors (Lipinski definition) is 0. The molecule has 3 rings (SSSR count). The molecular formula is C18H23NO4. The van der Waals surface area contributed by atoms with E-state index >= 15 is 0 Å². The third-order valence-corrected chi connectivity index (χ3v) is 4.08. The first-order valence-corrected chi connectivity index (χ1v) is 7.81. The number of hydrogen-bond acceptors (Lipinski definition) is 5. The van der Waals surface area contributed by atoms with E-state index in [1.807, 2.05) is 31.2 Å². The molecule has 1 fully saturated rings. The quantitative estimate of drug-likeness (QED) is 0.847. The standard InChI is InChI=1S/C18H23NO4/c1-13-4-6-16(23-13)18-12-19(8-9-22-18)11-14-5-7-15(20-2)17(10-14)21-3/h4-7,10,18H,8-9,11-12H2,1-3H3/t18-/m0/s1. The SMILES string of the molecule is COc1ccc(CN2CCO[C@H](c3ccc(C)o3)C2)cc1OC. The van der Waals surface area contributed by atoms with E-state index in [0.29, 0.717) is 6.61 Å². The lowest BCUT2D eigenvalue weighted by Gasteiger charge is -2.32. The molecule has 0 radical (unpaired) electrons. The molecule has 1 aliphatic rings. The molecule has 23 heavy (non-hydrogen) atoms. The highest BCUT2D eigenvalue weighted by Crippen LogP contribution is 2.29. The summed E-state index contributed by atoms with van der Waals surface area (Å²) >= 11 is 0. The van der Waals surface area contributed by atoms with Crippen molar-refractivity contribution in [1.29, 1.82) is 0 Å². The summed E-state index contributed by atoms with van der Waals surface area (Å²) in [6, 6.07) is 10.0. The summed E-state index contributed by atoms with van der Waals surface area (Å²) in [4.78, 5) is 2.37. The van der Waals surface area contributed by atoms with Crippen molar-refractivity contribution < 1.29 is 18.6 Å². The molecular weight excluding hydrogens is 294 g/mol. The fourth-order valence-corrected chi connectivity index (χ4v) is 2.88. The van der Waals surface area contributed by atoms with Crippen molar-refractivity contribution in [3.05, 3.63) is 47.4 Å². The van der Waals surface area contributed by atoms with Crippen molar-refractivity contribution >= 4 is 0 Å². The minimum atomic E-state index is -0.00223. The van der Waals surface area contributed by atoms with Gasteiger partial charge in [0.15, 0.2) is 11.5 Å². The second-order valence-corrected chi connectivity index (χ2v) is 5.73. The van der Waals surface area contributed by atoms with Gasteiger partial charge in [-0.15, -0.1) is 0 Å². The first-order valence-electron chi connectivity index (χ1n) is 7.81. The minimum Gasteiger partial charge on any atom is -0.493 e. The second-order valence-electron chi connectivity index (χ2n) is 5.73. The maximum Gasteiger partial charge on any atom is 0.161 e. The maximum absolute atomic E-state index is 5.85. The summed E-state index contributed by atoms with van der Waals surface area (Å²) in [6.07, 6.45) is -0.00223. The van der Waals surface area contributed by atoms with Gasteiger partial charge in [0.05, 0.1) is 20.8 Å². The van der Waals surface area contributed by atoms with Crippen LogP contribution in [0.4, 0.5) is 0 Å². The molecule has 0 saturated carbocycles. The number of benzene rings is 1. The van der Waals surface area contributed by atoms with E-state index in [2.05, 4.69) is 11.0 Å². The van der Waals surface area contributed by atoms with E-state index < -0.39 is 0 Å². The van der Waals surface area contributed by atoms with Crippen LogP contribution in [0.5, 0.6) is 11.5 Å². The first kappa shape index (κ1) is 15.9. The van der Waals surface area contributed by atoms with Crippen molar-refractivity contribution in [2.24, 2.45) is 0 Å². The molecule has 0 unspecified atom stereocenters. The third kappa shape index (κ3) is 3.68. The van der Waals surface area contributed by atoms with Crippen LogP contribution in [0.1, 0.15) is 23.2 Å². The van der Waals surface area contributed by atoms with Crippen LogP contribution >= 0.6 is 0 Å².